The fourth-order valence-corrected chi connectivity index (χ4v) is 6.89. The number of ketones is 1. The summed E-state index contributed by atoms with van der Waals surface area (Å²) in [6.45, 7) is 0. The third kappa shape index (κ3) is 3.38. The quantitative estimate of drug-likeness (QED) is 0.677. The van der Waals surface area contributed by atoms with Gasteiger partial charge in [0.2, 0.25) is 0 Å². The first kappa shape index (κ1) is 20.1. The molecule has 0 spiro atoms. The van der Waals surface area contributed by atoms with Crippen LogP contribution < -0.4 is 5.32 Å². The molecule has 4 nitrogen and oxygen atoms in total. The first-order chi connectivity index (χ1) is 15.4. The number of nitrogens with one attached hydrogen (secondary N) is 1. The lowest BCUT2D eigenvalue weighted by atomic mass is 9.52. The van der Waals surface area contributed by atoms with Crippen molar-refractivity contribution < 1.29 is 19.1 Å². The first-order valence-electron chi connectivity index (χ1n) is 11.9. The summed E-state index contributed by atoms with van der Waals surface area (Å²) >= 11 is 0. The van der Waals surface area contributed by atoms with Crippen LogP contribution in [0.2, 0.25) is 0 Å². The van der Waals surface area contributed by atoms with Crippen molar-refractivity contribution in [1.29, 1.82) is 0 Å². The monoisotopic (exact) mass is 433 g/mol. The van der Waals surface area contributed by atoms with E-state index >= 15 is 0 Å². The van der Waals surface area contributed by atoms with E-state index in [0.717, 1.165) is 50.5 Å². The molecular formula is C27H28FNO3. The van der Waals surface area contributed by atoms with E-state index in [1.54, 1.807) is 30.3 Å². The average molecular weight is 434 g/mol. The number of halogens is 1. The van der Waals surface area contributed by atoms with Crippen molar-refractivity contribution in [2.24, 2.45) is 17.8 Å². The lowest BCUT2D eigenvalue weighted by Gasteiger charge is -2.58. The normalized spacial score (nSPS) is 32.7. The van der Waals surface area contributed by atoms with E-state index in [-0.39, 0.29) is 29.2 Å². The summed E-state index contributed by atoms with van der Waals surface area (Å²) in [5, 5.41) is 14.1. The van der Waals surface area contributed by atoms with Crippen molar-refractivity contribution in [3.05, 3.63) is 70.5 Å². The largest absolute Gasteiger partial charge is 0.390 e. The Bertz CT molecular complexity index is 1090. The standard InChI is InChI=1S/C27H28FNO3/c28-23-4-2-1-3-21(23)25(30)17-7-8-20(22(11-17)16-5-6-16)26(31)29-24-18-9-15-10-19(24)14-27(32,12-15)13-18/h1-4,7-8,11,15-16,18-19,24,32H,5-6,9-10,12-14H2,(H,29,31)/t15?,18?,19?,24-,27-. The van der Waals surface area contributed by atoms with Gasteiger partial charge < -0.3 is 10.4 Å². The predicted octanol–water partition coefficient (Wildman–Crippen LogP) is 4.60. The highest BCUT2D eigenvalue weighted by Gasteiger charge is 2.55. The second-order valence-electron chi connectivity index (χ2n) is 10.6. The zero-order valence-electron chi connectivity index (χ0n) is 18.0. The molecule has 5 aliphatic rings. The summed E-state index contributed by atoms with van der Waals surface area (Å²) in [5.74, 6) is 0.603. The topological polar surface area (TPSA) is 66.4 Å². The van der Waals surface area contributed by atoms with Crippen LogP contribution in [0.15, 0.2) is 42.5 Å². The Labute approximate surface area is 187 Å². The third-order valence-corrected chi connectivity index (χ3v) is 8.23. The van der Waals surface area contributed by atoms with Gasteiger partial charge in [-0.2, -0.15) is 0 Å². The molecule has 0 saturated heterocycles. The summed E-state index contributed by atoms with van der Waals surface area (Å²) in [7, 11) is 0. The highest BCUT2D eigenvalue weighted by atomic mass is 19.1. The molecule has 0 aromatic heterocycles. The fourth-order valence-electron chi connectivity index (χ4n) is 6.89. The first-order valence-corrected chi connectivity index (χ1v) is 11.9. The second-order valence-corrected chi connectivity index (χ2v) is 10.6. The molecule has 5 saturated carbocycles. The van der Waals surface area contributed by atoms with E-state index < -0.39 is 11.4 Å². The Morgan fingerprint density at radius 3 is 2.34 bits per heavy atom. The Hall–Kier alpha value is -2.53. The van der Waals surface area contributed by atoms with Gasteiger partial charge in [0, 0.05) is 17.2 Å². The molecule has 0 heterocycles. The van der Waals surface area contributed by atoms with E-state index in [1.165, 1.54) is 12.1 Å². The van der Waals surface area contributed by atoms with Crippen LogP contribution in [0.1, 0.15) is 82.7 Å². The van der Waals surface area contributed by atoms with Crippen molar-refractivity contribution in [3.63, 3.8) is 0 Å². The van der Waals surface area contributed by atoms with Crippen LogP contribution in [-0.4, -0.2) is 28.4 Å². The van der Waals surface area contributed by atoms with Crippen molar-refractivity contribution >= 4 is 11.7 Å². The summed E-state index contributed by atoms with van der Waals surface area (Å²) in [6.07, 6.45) is 6.68. The molecule has 7 rings (SSSR count). The molecule has 32 heavy (non-hydrogen) atoms. The van der Waals surface area contributed by atoms with Gasteiger partial charge in [0.1, 0.15) is 5.82 Å². The van der Waals surface area contributed by atoms with Gasteiger partial charge in [0.25, 0.3) is 5.91 Å². The minimum absolute atomic E-state index is 0.0537. The molecule has 0 radical (unpaired) electrons. The van der Waals surface area contributed by atoms with Gasteiger partial charge in [-0.25, -0.2) is 4.39 Å². The molecule has 0 aliphatic heterocycles. The second kappa shape index (κ2) is 7.24. The minimum Gasteiger partial charge on any atom is -0.390 e. The van der Waals surface area contributed by atoms with Crippen LogP contribution >= 0.6 is 0 Å². The molecular weight excluding hydrogens is 405 g/mol. The number of hydrogen-bond donors (Lipinski definition) is 2. The molecule has 2 aromatic carbocycles. The maximum absolute atomic E-state index is 14.1. The molecule has 4 bridgehead atoms. The maximum Gasteiger partial charge on any atom is 0.251 e. The SMILES string of the molecule is O=C(c1ccc(C(=O)N[C@H]2C3CC4CC2C[C@](O)(C4)C3)c(C2CC2)c1)c1ccccc1F. The van der Waals surface area contributed by atoms with E-state index in [0.29, 0.717) is 28.9 Å². The van der Waals surface area contributed by atoms with Crippen molar-refractivity contribution in [1.82, 2.24) is 5.32 Å². The van der Waals surface area contributed by atoms with Gasteiger partial charge in [-0.05, 0) is 98.4 Å². The zero-order chi connectivity index (χ0) is 22.0. The Balaban J connectivity index is 1.26. The van der Waals surface area contributed by atoms with Gasteiger partial charge in [-0.1, -0.05) is 18.2 Å². The van der Waals surface area contributed by atoms with Crippen molar-refractivity contribution in [2.45, 2.75) is 62.5 Å². The highest BCUT2D eigenvalue weighted by Crippen LogP contribution is 2.55. The highest BCUT2D eigenvalue weighted by molar-refractivity contribution is 6.10. The van der Waals surface area contributed by atoms with Gasteiger partial charge in [0.15, 0.2) is 5.78 Å². The molecule has 1 amide bonds. The van der Waals surface area contributed by atoms with E-state index in [4.69, 9.17) is 0 Å². The lowest BCUT2D eigenvalue weighted by molar-refractivity contribution is -0.136. The van der Waals surface area contributed by atoms with Gasteiger partial charge in [0.05, 0.1) is 11.2 Å². The van der Waals surface area contributed by atoms with E-state index in [2.05, 4.69) is 5.32 Å². The van der Waals surface area contributed by atoms with Crippen LogP contribution in [-0.2, 0) is 0 Å². The number of carbonyl (C=O) groups excluding carboxylic acids is 2. The molecule has 2 aromatic rings. The van der Waals surface area contributed by atoms with Crippen molar-refractivity contribution in [2.75, 3.05) is 0 Å². The van der Waals surface area contributed by atoms with Crippen molar-refractivity contribution in [3.8, 4) is 0 Å². The Morgan fingerprint density at radius 1 is 0.969 bits per heavy atom. The van der Waals surface area contributed by atoms with Crippen LogP contribution in [0.4, 0.5) is 4.39 Å². The summed E-state index contributed by atoms with van der Waals surface area (Å²) in [6, 6.07) is 11.3. The number of aliphatic hydroxyl groups is 1. The van der Waals surface area contributed by atoms with E-state index in [9.17, 15) is 19.1 Å². The van der Waals surface area contributed by atoms with E-state index in [1.807, 2.05) is 0 Å². The van der Waals surface area contributed by atoms with Crippen LogP contribution in [0, 0.1) is 23.6 Å². The van der Waals surface area contributed by atoms with Gasteiger partial charge >= 0.3 is 0 Å². The summed E-state index contributed by atoms with van der Waals surface area (Å²) in [4.78, 5) is 26.2. The van der Waals surface area contributed by atoms with Gasteiger partial charge in [-0.15, -0.1) is 0 Å². The van der Waals surface area contributed by atoms with Crippen LogP contribution in [0.3, 0.4) is 0 Å². The smallest absolute Gasteiger partial charge is 0.251 e. The molecule has 2 unspecified atom stereocenters. The Morgan fingerprint density at radius 2 is 1.69 bits per heavy atom. The fraction of sp³-hybridized carbons (Fsp3) is 0.481. The summed E-state index contributed by atoms with van der Waals surface area (Å²) in [5.41, 5.74) is 1.48. The summed E-state index contributed by atoms with van der Waals surface area (Å²) < 4.78 is 14.1. The third-order valence-electron chi connectivity index (χ3n) is 8.23. The number of hydrogen-bond acceptors (Lipinski definition) is 3. The molecule has 2 N–H and O–H groups in total. The molecule has 166 valence electrons. The average Bonchev–Trinajstić information content (AvgIpc) is 3.60. The van der Waals surface area contributed by atoms with Crippen LogP contribution in [0.5, 0.6) is 0 Å². The van der Waals surface area contributed by atoms with Crippen LogP contribution in [0.25, 0.3) is 0 Å². The number of rotatable bonds is 5. The Kier molecular flexibility index (Phi) is 4.55. The molecule has 5 fully saturated rings. The van der Waals surface area contributed by atoms with Gasteiger partial charge in [-0.3, -0.25) is 9.59 Å². The molecule has 5 aliphatic carbocycles. The lowest BCUT2D eigenvalue weighted by Crippen LogP contribution is -2.61. The molecule has 5 heteroatoms. The number of benzene rings is 2. The zero-order valence-corrected chi connectivity index (χ0v) is 18.0. The maximum atomic E-state index is 14.1. The molecule has 2 atom stereocenters. The number of carbonyl (C=O) groups is 2. The minimum atomic E-state index is -0.532. The number of amides is 1. The predicted molar refractivity (Wildman–Crippen MR) is 118 cm³/mol.